The van der Waals surface area contributed by atoms with Gasteiger partial charge in [0.15, 0.2) is 0 Å². The molecule has 5 nitrogen and oxygen atoms in total. The van der Waals surface area contributed by atoms with Crippen LogP contribution >= 0.6 is 0 Å². The Bertz CT molecular complexity index is 422. The number of rotatable bonds is 3. The monoisotopic (exact) mass is 210 g/mol. The molecule has 3 N–H and O–H groups in total. The van der Waals surface area contributed by atoms with Crippen molar-refractivity contribution in [2.45, 2.75) is 13.3 Å². The van der Waals surface area contributed by atoms with Crippen molar-refractivity contribution in [3.8, 4) is 5.75 Å². The second-order valence-corrected chi connectivity index (χ2v) is 2.95. The molecule has 0 saturated heterocycles. The number of carboxylic acid groups (broad SMARTS) is 2. The first-order valence-corrected chi connectivity index (χ1v) is 4.30. The standard InChI is InChI=1S/C10H10O5/c1-2-5-7(11)4-3-6(9(12)13)8(5)10(14)15/h3-4,11H,2H2,1H3,(H,12,13)(H,14,15). The fraction of sp³-hybridized carbons (Fsp3) is 0.200. The summed E-state index contributed by atoms with van der Waals surface area (Å²) in [4.78, 5) is 21.6. The van der Waals surface area contributed by atoms with E-state index in [0.717, 1.165) is 6.07 Å². The summed E-state index contributed by atoms with van der Waals surface area (Å²) in [7, 11) is 0. The Balaban J connectivity index is 3.56. The molecule has 0 amide bonds. The molecule has 0 fully saturated rings. The predicted molar refractivity (Wildman–Crippen MR) is 51.4 cm³/mol. The third-order valence-corrected chi connectivity index (χ3v) is 2.09. The highest BCUT2D eigenvalue weighted by Gasteiger charge is 2.21. The molecule has 1 aromatic rings. The highest BCUT2D eigenvalue weighted by Crippen LogP contribution is 2.25. The summed E-state index contributed by atoms with van der Waals surface area (Å²) >= 11 is 0. The van der Waals surface area contributed by atoms with E-state index in [0.29, 0.717) is 0 Å². The first kappa shape index (κ1) is 11.0. The fourth-order valence-electron chi connectivity index (χ4n) is 1.42. The number of phenolic OH excluding ortho intramolecular Hbond substituents is 1. The Hall–Kier alpha value is -2.04. The summed E-state index contributed by atoms with van der Waals surface area (Å²) in [6.07, 6.45) is 0.259. The Morgan fingerprint density at radius 2 is 1.80 bits per heavy atom. The molecule has 0 unspecified atom stereocenters. The van der Waals surface area contributed by atoms with Crippen molar-refractivity contribution in [3.63, 3.8) is 0 Å². The van der Waals surface area contributed by atoms with Crippen LogP contribution in [0.1, 0.15) is 33.2 Å². The second kappa shape index (κ2) is 4.00. The molecule has 0 heterocycles. The van der Waals surface area contributed by atoms with E-state index in [4.69, 9.17) is 10.2 Å². The van der Waals surface area contributed by atoms with Crippen LogP contribution in [0.15, 0.2) is 12.1 Å². The second-order valence-electron chi connectivity index (χ2n) is 2.95. The molecule has 0 aliphatic carbocycles. The van der Waals surface area contributed by atoms with E-state index in [1.165, 1.54) is 6.07 Å². The summed E-state index contributed by atoms with van der Waals surface area (Å²) in [5.41, 5.74) is -0.510. The van der Waals surface area contributed by atoms with Gasteiger partial charge in [0.25, 0.3) is 0 Å². The van der Waals surface area contributed by atoms with E-state index in [1.807, 2.05) is 0 Å². The molecular formula is C10H10O5. The SMILES string of the molecule is CCc1c(O)ccc(C(=O)O)c1C(=O)O. The van der Waals surface area contributed by atoms with Crippen LogP contribution in [0.4, 0.5) is 0 Å². The quantitative estimate of drug-likeness (QED) is 0.699. The molecule has 0 radical (unpaired) electrons. The molecule has 0 aromatic heterocycles. The fourth-order valence-corrected chi connectivity index (χ4v) is 1.42. The lowest BCUT2D eigenvalue weighted by Crippen LogP contribution is -2.11. The first-order valence-electron chi connectivity index (χ1n) is 4.30. The van der Waals surface area contributed by atoms with Crippen molar-refractivity contribution >= 4 is 11.9 Å². The van der Waals surface area contributed by atoms with E-state index in [9.17, 15) is 14.7 Å². The third-order valence-electron chi connectivity index (χ3n) is 2.09. The number of hydrogen-bond acceptors (Lipinski definition) is 3. The van der Waals surface area contributed by atoms with E-state index in [-0.39, 0.29) is 28.9 Å². The van der Waals surface area contributed by atoms with Crippen LogP contribution in [-0.2, 0) is 6.42 Å². The molecule has 0 atom stereocenters. The summed E-state index contributed by atoms with van der Waals surface area (Å²) in [6.45, 7) is 1.65. The maximum atomic E-state index is 10.9. The van der Waals surface area contributed by atoms with Gasteiger partial charge in [0.1, 0.15) is 5.75 Å². The van der Waals surface area contributed by atoms with Crippen LogP contribution in [0, 0.1) is 0 Å². The molecule has 0 spiro atoms. The molecule has 0 aliphatic heterocycles. The lowest BCUT2D eigenvalue weighted by Gasteiger charge is -2.08. The highest BCUT2D eigenvalue weighted by atomic mass is 16.4. The van der Waals surface area contributed by atoms with Gasteiger partial charge >= 0.3 is 11.9 Å². The number of aromatic carboxylic acids is 2. The van der Waals surface area contributed by atoms with Crippen LogP contribution in [0.3, 0.4) is 0 Å². The van der Waals surface area contributed by atoms with Gasteiger partial charge in [0.05, 0.1) is 11.1 Å². The van der Waals surface area contributed by atoms with Gasteiger partial charge in [-0.3, -0.25) is 0 Å². The van der Waals surface area contributed by atoms with Crippen molar-refractivity contribution in [1.29, 1.82) is 0 Å². The Morgan fingerprint density at radius 1 is 1.20 bits per heavy atom. The number of hydrogen-bond donors (Lipinski definition) is 3. The van der Waals surface area contributed by atoms with Crippen LogP contribution in [0.5, 0.6) is 5.75 Å². The highest BCUT2D eigenvalue weighted by molar-refractivity contribution is 6.03. The number of aromatic hydroxyl groups is 1. The predicted octanol–water partition coefficient (Wildman–Crippen LogP) is 1.35. The van der Waals surface area contributed by atoms with Gasteiger partial charge in [-0.1, -0.05) is 6.92 Å². The molecule has 0 aliphatic rings. The summed E-state index contributed by atoms with van der Waals surface area (Å²) in [6, 6.07) is 2.27. The average molecular weight is 210 g/mol. The van der Waals surface area contributed by atoms with Crippen molar-refractivity contribution in [2.75, 3.05) is 0 Å². The van der Waals surface area contributed by atoms with E-state index in [1.54, 1.807) is 6.92 Å². The number of phenols is 1. The lowest BCUT2D eigenvalue weighted by atomic mass is 9.98. The van der Waals surface area contributed by atoms with E-state index < -0.39 is 11.9 Å². The first-order chi connectivity index (χ1) is 6.99. The van der Waals surface area contributed by atoms with Gasteiger partial charge in [-0.2, -0.15) is 0 Å². The average Bonchev–Trinajstić information content (AvgIpc) is 2.16. The maximum absolute atomic E-state index is 10.9. The van der Waals surface area contributed by atoms with Gasteiger partial charge in [0.2, 0.25) is 0 Å². The normalized spacial score (nSPS) is 9.93. The van der Waals surface area contributed by atoms with Crippen LogP contribution in [-0.4, -0.2) is 27.3 Å². The van der Waals surface area contributed by atoms with Crippen molar-refractivity contribution in [1.82, 2.24) is 0 Å². The number of carboxylic acids is 2. The lowest BCUT2D eigenvalue weighted by molar-refractivity contribution is 0.0650. The minimum atomic E-state index is -1.35. The molecular weight excluding hydrogens is 200 g/mol. The van der Waals surface area contributed by atoms with Crippen molar-refractivity contribution in [3.05, 3.63) is 28.8 Å². The number of carbonyl (C=O) groups is 2. The molecule has 5 heteroatoms. The van der Waals surface area contributed by atoms with Gasteiger partial charge in [-0.15, -0.1) is 0 Å². The molecule has 80 valence electrons. The Morgan fingerprint density at radius 3 is 2.20 bits per heavy atom. The smallest absolute Gasteiger partial charge is 0.336 e. The Labute approximate surface area is 85.6 Å². The number of benzene rings is 1. The van der Waals surface area contributed by atoms with Gasteiger partial charge in [-0.25, -0.2) is 9.59 Å². The zero-order valence-corrected chi connectivity index (χ0v) is 8.02. The van der Waals surface area contributed by atoms with Gasteiger partial charge in [0, 0.05) is 5.56 Å². The summed E-state index contributed by atoms with van der Waals surface area (Å²) in [5, 5.41) is 27.0. The zero-order chi connectivity index (χ0) is 11.6. The Kier molecular flexibility index (Phi) is 2.94. The minimum Gasteiger partial charge on any atom is -0.508 e. The molecule has 0 bridgehead atoms. The molecule has 0 saturated carbocycles. The van der Waals surface area contributed by atoms with Gasteiger partial charge < -0.3 is 15.3 Å². The summed E-state index contributed by atoms with van der Waals surface area (Å²) in [5.74, 6) is -2.86. The zero-order valence-electron chi connectivity index (χ0n) is 8.02. The van der Waals surface area contributed by atoms with Crippen LogP contribution < -0.4 is 0 Å². The molecule has 1 aromatic carbocycles. The third kappa shape index (κ3) is 1.90. The largest absolute Gasteiger partial charge is 0.508 e. The maximum Gasteiger partial charge on any atom is 0.336 e. The van der Waals surface area contributed by atoms with Crippen LogP contribution in [0.2, 0.25) is 0 Å². The van der Waals surface area contributed by atoms with Crippen LogP contribution in [0.25, 0.3) is 0 Å². The van der Waals surface area contributed by atoms with Gasteiger partial charge in [-0.05, 0) is 18.6 Å². The molecule has 1 rings (SSSR count). The van der Waals surface area contributed by atoms with E-state index >= 15 is 0 Å². The summed E-state index contributed by atoms with van der Waals surface area (Å²) < 4.78 is 0. The minimum absolute atomic E-state index is 0.141. The van der Waals surface area contributed by atoms with Crippen molar-refractivity contribution < 1.29 is 24.9 Å². The van der Waals surface area contributed by atoms with Crippen molar-refractivity contribution in [2.24, 2.45) is 0 Å². The topological polar surface area (TPSA) is 94.8 Å². The van der Waals surface area contributed by atoms with E-state index in [2.05, 4.69) is 0 Å². The molecule has 15 heavy (non-hydrogen) atoms.